The zero-order valence-corrected chi connectivity index (χ0v) is 22.6. The van der Waals surface area contributed by atoms with Crippen molar-refractivity contribution in [3.8, 4) is 5.75 Å². The Bertz CT molecular complexity index is 1320. The van der Waals surface area contributed by atoms with Crippen LogP contribution >= 0.6 is 11.6 Å². The van der Waals surface area contributed by atoms with Gasteiger partial charge in [0.15, 0.2) is 5.78 Å². The summed E-state index contributed by atoms with van der Waals surface area (Å²) in [5, 5.41) is 4.08. The van der Waals surface area contributed by atoms with Crippen molar-refractivity contribution in [1.29, 1.82) is 0 Å². The Morgan fingerprint density at radius 1 is 1.08 bits per heavy atom. The summed E-state index contributed by atoms with van der Waals surface area (Å²) in [6.07, 6.45) is -0.756. The minimum atomic E-state index is -4.56. The highest BCUT2D eigenvalue weighted by molar-refractivity contribution is 6.31. The highest BCUT2D eigenvalue weighted by Gasteiger charge is 2.34. The number of carbonyl (C=O) groups is 2. The summed E-state index contributed by atoms with van der Waals surface area (Å²) < 4.78 is 46.2. The van der Waals surface area contributed by atoms with Crippen LogP contribution in [-0.2, 0) is 11.0 Å². The van der Waals surface area contributed by atoms with Gasteiger partial charge in [0, 0.05) is 47.2 Å². The van der Waals surface area contributed by atoms with Crippen LogP contribution in [0.15, 0.2) is 48.5 Å². The SMILES string of the molecule is CC(=O)c1ccc(OCCCC(=O)NC2CCC(N(C)c3cc(C(F)(F)F)nc4ccc(Cl)cc34)CC2)cc1. The molecule has 1 aromatic heterocycles. The molecule has 10 heteroatoms. The van der Waals surface area contributed by atoms with E-state index in [0.717, 1.165) is 31.7 Å². The van der Waals surface area contributed by atoms with Crippen LogP contribution < -0.4 is 15.0 Å². The summed E-state index contributed by atoms with van der Waals surface area (Å²) in [6, 6.07) is 12.7. The second kappa shape index (κ2) is 12.2. The first-order valence-corrected chi connectivity index (χ1v) is 13.3. The molecule has 6 nitrogen and oxygen atoms in total. The number of Topliss-reactive ketones (excluding diaryl/α,β-unsaturated/α-hetero) is 1. The molecule has 1 aliphatic carbocycles. The third-order valence-corrected chi connectivity index (χ3v) is 7.34. The number of anilines is 1. The van der Waals surface area contributed by atoms with E-state index in [-0.39, 0.29) is 29.3 Å². The normalized spacial score (nSPS) is 17.6. The van der Waals surface area contributed by atoms with Crippen molar-refractivity contribution in [2.75, 3.05) is 18.6 Å². The number of nitrogens with one attached hydrogen (secondary N) is 1. The maximum atomic E-state index is 13.5. The predicted molar refractivity (Wildman–Crippen MR) is 146 cm³/mol. The van der Waals surface area contributed by atoms with Crippen molar-refractivity contribution in [1.82, 2.24) is 10.3 Å². The number of nitrogens with zero attached hydrogens (tertiary/aromatic N) is 2. The van der Waals surface area contributed by atoms with E-state index in [2.05, 4.69) is 10.3 Å². The smallest absolute Gasteiger partial charge is 0.433 e. The molecule has 0 saturated heterocycles. The zero-order valence-electron chi connectivity index (χ0n) is 21.9. The van der Waals surface area contributed by atoms with Gasteiger partial charge in [-0.05, 0) is 87.6 Å². The molecule has 1 saturated carbocycles. The predicted octanol–water partition coefficient (Wildman–Crippen LogP) is 6.83. The summed E-state index contributed by atoms with van der Waals surface area (Å²) >= 11 is 6.14. The van der Waals surface area contributed by atoms with E-state index >= 15 is 0 Å². The summed E-state index contributed by atoms with van der Waals surface area (Å²) in [6.45, 7) is 1.89. The van der Waals surface area contributed by atoms with Gasteiger partial charge in [-0.2, -0.15) is 13.2 Å². The lowest BCUT2D eigenvalue weighted by Crippen LogP contribution is -2.43. The molecule has 0 radical (unpaired) electrons. The lowest BCUT2D eigenvalue weighted by molar-refractivity contribution is -0.140. The van der Waals surface area contributed by atoms with Gasteiger partial charge in [-0.25, -0.2) is 4.98 Å². The number of fused-ring (bicyclic) bond motifs is 1. The van der Waals surface area contributed by atoms with Gasteiger partial charge in [-0.15, -0.1) is 0 Å². The second-order valence-corrected chi connectivity index (χ2v) is 10.3. The molecule has 0 spiro atoms. The average molecular weight is 562 g/mol. The number of hydrogen-bond donors (Lipinski definition) is 1. The lowest BCUT2D eigenvalue weighted by Gasteiger charge is -2.37. The molecule has 1 N–H and O–H groups in total. The van der Waals surface area contributed by atoms with Crippen LogP contribution in [-0.4, -0.2) is 42.4 Å². The minimum Gasteiger partial charge on any atom is -0.494 e. The maximum absolute atomic E-state index is 13.5. The van der Waals surface area contributed by atoms with Crippen molar-refractivity contribution < 1.29 is 27.5 Å². The van der Waals surface area contributed by atoms with Crippen molar-refractivity contribution in [3.63, 3.8) is 0 Å². The number of alkyl halides is 3. The van der Waals surface area contributed by atoms with Crippen molar-refractivity contribution in [2.45, 2.75) is 63.7 Å². The van der Waals surface area contributed by atoms with Crippen molar-refractivity contribution in [2.24, 2.45) is 0 Å². The molecule has 3 aromatic rings. The molecule has 1 amide bonds. The van der Waals surface area contributed by atoms with Crippen LogP contribution in [0.25, 0.3) is 10.9 Å². The van der Waals surface area contributed by atoms with Crippen LogP contribution in [0.5, 0.6) is 5.75 Å². The van der Waals surface area contributed by atoms with Crippen molar-refractivity contribution >= 4 is 39.9 Å². The third kappa shape index (κ3) is 7.41. The maximum Gasteiger partial charge on any atom is 0.433 e. The van der Waals surface area contributed by atoms with Gasteiger partial charge in [0.25, 0.3) is 0 Å². The number of carbonyl (C=O) groups excluding carboxylic acids is 2. The van der Waals surface area contributed by atoms with Crippen molar-refractivity contribution in [3.05, 3.63) is 64.8 Å². The van der Waals surface area contributed by atoms with E-state index in [4.69, 9.17) is 16.3 Å². The number of halogens is 4. The average Bonchev–Trinajstić information content (AvgIpc) is 2.90. The lowest BCUT2D eigenvalue weighted by atomic mass is 9.89. The van der Waals surface area contributed by atoms with Gasteiger partial charge in [0.1, 0.15) is 11.4 Å². The molecule has 2 aromatic carbocycles. The first kappa shape index (κ1) is 28.7. The Hall–Kier alpha value is -3.33. The Balaban J connectivity index is 1.27. The van der Waals surface area contributed by atoms with Gasteiger partial charge >= 0.3 is 6.18 Å². The topological polar surface area (TPSA) is 71.5 Å². The standard InChI is InChI=1S/C29H31ClF3N3O3/c1-18(37)19-5-12-23(13-6-19)39-15-3-4-28(38)34-21-8-10-22(11-9-21)36(2)26-17-27(29(31,32)33)35-25-14-7-20(30)16-24(25)26/h5-7,12-14,16-17,21-22H,3-4,8-11,15H2,1-2H3,(H,34,38). The van der Waals surface area contributed by atoms with Gasteiger partial charge in [-0.1, -0.05) is 11.6 Å². The quantitative estimate of drug-likeness (QED) is 0.229. The highest BCUT2D eigenvalue weighted by Crippen LogP contribution is 2.37. The number of rotatable bonds is 9. The molecule has 0 atom stereocenters. The Kier molecular flexibility index (Phi) is 9.00. The number of ether oxygens (including phenoxy) is 1. The minimum absolute atomic E-state index is 0.00901. The summed E-state index contributed by atoms with van der Waals surface area (Å²) in [5.41, 5.74) is 0.372. The van der Waals surface area contributed by atoms with E-state index in [1.54, 1.807) is 37.4 Å². The van der Waals surface area contributed by atoms with E-state index < -0.39 is 11.9 Å². The molecule has 0 bridgehead atoms. The van der Waals surface area contributed by atoms with Crippen LogP contribution in [0.3, 0.4) is 0 Å². The van der Waals surface area contributed by atoms with Crippen LogP contribution in [0.1, 0.15) is 61.5 Å². The van der Waals surface area contributed by atoms with Gasteiger partial charge in [0.2, 0.25) is 5.91 Å². The molecule has 39 heavy (non-hydrogen) atoms. The van der Waals surface area contributed by atoms with E-state index in [0.29, 0.717) is 46.9 Å². The molecule has 0 aliphatic heterocycles. The van der Waals surface area contributed by atoms with E-state index in [1.807, 2.05) is 4.90 Å². The molecule has 1 fully saturated rings. The third-order valence-electron chi connectivity index (χ3n) is 7.11. The fraction of sp³-hybridized carbons (Fsp3) is 0.414. The Morgan fingerprint density at radius 3 is 2.41 bits per heavy atom. The molecule has 1 heterocycles. The summed E-state index contributed by atoms with van der Waals surface area (Å²) in [4.78, 5) is 29.5. The number of amides is 1. The molecule has 4 rings (SSSR count). The summed E-state index contributed by atoms with van der Waals surface area (Å²) in [7, 11) is 1.80. The Labute approximate surface area is 230 Å². The number of benzene rings is 2. The number of ketones is 1. The molecule has 0 unspecified atom stereocenters. The molecule has 1 aliphatic rings. The largest absolute Gasteiger partial charge is 0.494 e. The fourth-order valence-electron chi connectivity index (χ4n) is 4.93. The van der Waals surface area contributed by atoms with E-state index in [1.165, 1.54) is 19.1 Å². The molecule has 208 valence electrons. The molecular weight excluding hydrogens is 531 g/mol. The molecular formula is C29H31ClF3N3O3. The fourth-order valence-corrected chi connectivity index (χ4v) is 5.10. The first-order chi connectivity index (χ1) is 18.5. The first-order valence-electron chi connectivity index (χ1n) is 12.9. The Morgan fingerprint density at radius 2 is 1.77 bits per heavy atom. The number of hydrogen-bond acceptors (Lipinski definition) is 5. The second-order valence-electron chi connectivity index (χ2n) is 9.90. The zero-order chi connectivity index (χ0) is 28.2. The van der Waals surface area contributed by atoms with E-state index in [9.17, 15) is 22.8 Å². The number of pyridine rings is 1. The summed E-state index contributed by atoms with van der Waals surface area (Å²) in [5.74, 6) is 0.589. The van der Waals surface area contributed by atoms with Crippen LogP contribution in [0.4, 0.5) is 18.9 Å². The number of aromatic nitrogens is 1. The van der Waals surface area contributed by atoms with Gasteiger partial charge < -0.3 is 15.0 Å². The van der Waals surface area contributed by atoms with Gasteiger partial charge in [-0.3, -0.25) is 9.59 Å². The van der Waals surface area contributed by atoms with Crippen LogP contribution in [0.2, 0.25) is 5.02 Å². The van der Waals surface area contributed by atoms with Gasteiger partial charge in [0.05, 0.1) is 12.1 Å². The highest BCUT2D eigenvalue weighted by atomic mass is 35.5. The monoisotopic (exact) mass is 561 g/mol. The van der Waals surface area contributed by atoms with Crippen LogP contribution in [0, 0.1) is 0 Å².